The number of ether oxygens (including phenoxy) is 2. The maximum atomic E-state index is 12.5. The summed E-state index contributed by atoms with van der Waals surface area (Å²) in [7, 11) is 0. The van der Waals surface area contributed by atoms with Crippen molar-refractivity contribution in [2.75, 3.05) is 31.6 Å². The number of anilines is 1. The van der Waals surface area contributed by atoms with Gasteiger partial charge in [-0.3, -0.25) is 9.69 Å². The summed E-state index contributed by atoms with van der Waals surface area (Å²) in [5, 5.41) is 11.8. The summed E-state index contributed by atoms with van der Waals surface area (Å²) in [5.74, 6) is 0.138. The Bertz CT molecular complexity index is 1090. The van der Waals surface area contributed by atoms with E-state index < -0.39 is 11.9 Å². The van der Waals surface area contributed by atoms with Gasteiger partial charge in [-0.15, -0.1) is 0 Å². The van der Waals surface area contributed by atoms with Crippen molar-refractivity contribution < 1.29 is 24.2 Å². The molecule has 8 heteroatoms. The number of aromatic carboxylic acids is 1. The quantitative estimate of drug-likeness (QED) is 0.504. The molecule has 0 radical (unpaired) electrons. The molecule has 0 aliphatic carbocycles. The highest BCUT2D eigenvalue weighted by molar-refractivity contribution is 6.07. The predicted octanol–water partition coefficient (Wildman–Crippen LogP) is 4.30. The number of aromatic nitrogens is 1. The molecule has 1 saturated heterocycles. The number of likely N-dealkylation sites (tertiary alicyclic amines) is 1. The van der Waals surface area contributed by atoms with Gasteiger partial charge in [0, 0.05) is 18.8 Å². The molecule has 1 fully saturated rings. The number of benzene rings is 2. The molecule has 4 rings (SSSR count). The zero-order valence-electron chi connectivity index (χ0n) is 18.1. The molecule has 0 bridgehead atoms. The van der Waals surface area contributed by atoms with Crippen LogP contribution in [0.5, 0.6) is 17.4 Å². The van der Waals surface area contributed by atoms with E-state index in [1.165, 1.54) is 31.2 Å². The topological polar surface area (TPSA) is 101 Å². The van der Waals surface area contributed by atoms with Gasteiger partial charge in [0.1, 0.15) is 18.1 Å². The number of carbonyl (C=O) groups is 2. The van der Waals surface area contributed by atoms with E-state index in [2.05, 4.69) is 15.2 Å². The molecule has 33 heavy (non-hydrogen) atoms. The van der Waals surface area contributed by atoms with Crippen LogP contribution in [0.1, 0.15) is 33.6 Å². The van der Waals surface area contributed by atoms with Gasteiger partial charge in [0.05, 0.1) is 16.8 Å². The molecule has 0 spiro atoms. The SMILES string of the molecule is O=C(Nc1ccccc1C(=O)O)c1ccc(Oc2ccc(OCCN3CCCC3)cc2)nc1. The highest BCUT2D eigenvalue weighted by Gasteiger charge is 2.14. The second-order valence-corrected chi connectivity index (χ2v) is 7.66. The van der Waals surface area contributed by atoms with Gasteiger partial charge in [0.2, 0.25) is 5.88 Å². The van der Waals surface area contributed by atoms with Crippen LogP contribution in [0.15, 0.2) is 66.9 Å². The maximum absolute atomic E-state index is 12.5. The van der Waals surface area contributed by atoms with Gasteiger partial charge in [0.25, 0.3) is 5.91 Å². The lowest BCUT2D eigenvalue weighted by molar-refractivity contribution is 0.0698. The molecule has 1 aliphatic heterocycles. The fourth-order valence-electron chi connectivity index (χ4n) is 3.57. The van der Waals surface area contributed by atoms with Crippen molar-refractivity contribution in [3.8, 4) is 17.4 Å². The van der Waals surface area contributed by atoms with Crippen molar-refractivity contribution in [1.29, 1.82) is 0 Å². The highest BCUT2D eigenvalue weighted by Crippen LogP contribution is 2.23. The summed E-state index contributed by atoms with van der Waals surface area (Å²) in [5.41, 5.74) is 0.518. The Kier molecular flexibility index (Phi) is 7.16. The molecule has 0 atom stereocenters. The maximum Gasteiger partial charge on any atom is 0.337 e. The Labute approximate surface area is 191 Å². The van der Waals surface area contributed by atoms with Crippen LogP contribution >= 0.6 is 0 Å². The largest absolute Gasteiger partial charge is 0.492 e. The number of para-hydroxylation sites is 1. The molecule has 1 amide bonds. The molecule has 2 aromatic carbocycles. The third-order valence-electron chi connectivity index (χ3n) is 5.33. The molecule has 8 nitrogen and oxygen atoms in total. The first-order valence-corrected chi connectivity index (χ1v) is 10.8. The van der Waals surface area contributed by atoms with E-state index in [9.17, 15) is 14.7 Å². The van der Waals surface area contributed by atoms with Gasteiger partial charge in [0.15, 0.2) is 0 Å². The lowest BCUT2D eigenvalue weighted by Gasteiger charge is -2.15. The summed E-state index contributed by atoms with van der Waals surface area (Å²) in [6.07, 6.45) is 3.92. The van der Waals surface area contributed by atoms with Crippen molar-refractivity contribution in [1.82, 2.24) is 9.88 Å². The Hall–Kier alpha value is -3.91. The highest BCUT2D eigenvalue weighted by atomic mass is 16.5. The van der Waals surface area contributed by atoms with Crippen LogP contribution < -0.4 is 14.8 Å². The van der Waals surface area contributed by atoms with Gasteiger partial charge in [-0.1, -0.05) is 12.1 Å². The second kappa shape index (κ2) is 10.6. The second-order valence-electron chi connectivity index (χ2n) is 7.66. The Morgan fingerprint density at radius 3 is 2.39 bits per heavy atom. The smallest absolute Gasteiger partial charge is 0.337 e. The lowest BCUT2D eigenvalue weighted by atomic mass is 10.1. The molecule has 0 unspecified atom stereocenters. The zero-order chi connectivity index (χ0) is 23.0. The number of carboxylic acid groups (broad SMARTS) is 1. The van der Waals surface area contributed by atoms with E-state index in [1.54, 1.807) is 36.4 Å². The number of hydrogen-bond donors (Lipinski definition) is 2. The van der Waals surface area contributed by atoms with E-state index in [-0.39, 0.29) is 16.8 Å². The van der Waals surface area contributed by atoms with Crippen LogP contribution in [0.25, 0.3) is 0 Å². The summed E-state index contributed by atoms with van der Waals surface area (Å²) in [6, 6.07) is 16.7. The summed E-state index contributed by atoms with van der Waals surface area (Å²) >= 11 is 0. The molecule has 2 heterocycles. The van der Waals surface area contributed by atoms with E-state index in [1.807, 2.05) is 12.1 Å². The molecular weight excluding hydrogens is 422 g/mol. The van der Waals surface area contributed by atoms with Gasteiger partial charge in [-0.25, -0.2) is 9.78 Å². The minimum Gasteiger partial charge on any atom is -0.492 e. The number of rotatable bonds is 9. The summed E-state index contributed by atoms with van der Waals surface area (Å²) < 4.78 is 11.5. The molecule has 0 saturated carbocycles. The van der Waals surface area contributed by atoms with E-state index in [0.29, 0.717) is 18.2 Å². The van der Waals surface area contributed by atoms with Crippen LogP contribution in [0, 0.1) is 0 Å². The number of amides is 1. The number of nitrogens with zero attached hydrogens (tertiary/aromatic N) is 2. The fraction of sp³-hybridized carbons (Fsp3) is 0.240. The van der Waals surface area contributed by atoms with Gasteiger partial charge >= 0.3 is 5.97 Å². The Morgan fingerprint density at radius 1 is 0.970 bits per heavy atom. The first-order valence-electron chi connectivity index (χ1n) is 10.8. The van der Waals surface area contributed by atoms with Crippen molar-refractivity contribution in [3.05, 3.63) is 78.0 Å². The molecule has 2 N–H and O–H groups in total. The fourth-order valence-corrected chi connectivity index (χ4v) is 3.57. The third kappa shape index (κ3) is 6.08. The van der Waals surface area contributed by atoms with Crippen molar-refractivity contribution in [2.24, 2.45) is 0 Å². The zero-order valence-corrected chi connectivity index (χ0v) is 18.1. The summed E-state index contributed by atoms with van der Waals surface area (Å²) in [4.78, 5) is 30.3. The first-order chi connectivity index (χ1) is 16.1. The van der Waals surface area contributed by atoms with Crippen LogP contribution in [0.2, 0.25) is 0 Å². The van der Waals surface area contributed by atoms with E-state index in [4.69, 9.17) is 9.47 Å². The normalized spacial score (nSPS) is 13.5. The Morgan fingerprint density at radius 2 is 1.70 bits per heavy atom. The summed E-state index contributed by atoms with van der Waals surface area (Å²) in [6.45, 7) is 3.89. The molecule has 1 aliphatic rings. The molecule has 3 aromatic rings. The first kappa shape index (κ1) is 22.3. The number of hydrogen-bond acceptors (Lipinski definition) is 6. The minimum atomic E-state index is -1.12. The van der Waals surface area contributed by atoms with Crippen LogP contribution in [-0.4, -0.2) is 53.1 Å². The van der Waals surface area contributed by atoms with Crippen LogP contribution in [0.4, 0.5) is 5.69 Å². The van der Waals surface area contributed by atoms with Gasteiger partial charge in [-0.05, 0) is 68.4 Å². The number of carbonyl (C=O) groups excluding carboxylic acids is 1. The number of nitrogens with one attached hydrogen (secondary N) is 1. The van der Waals surface area contributed by atoms with E-state index in [0.717, 1.165) is 25.4 Å². The average molecular weight is 447 g/mol. The minimum absolute atomic E-state index is 0.0160. The molecule has 1 aromatic heterocycles. The predicted molar refractivity (Wildman–Crippen MR) is 123 cm³/mol. The van der Waals surface area contributed by atoms with Gasteiger partial charge in [-0.2, -0.15) is 0 Å². The third-order valence-corrected chi connectivity index (χ3v) is 5.33. The number of pyridine rings is 1. The lowest BCUT2D eigenvalue weighted by Crippen LogP contribution is -2.25. The monoisotopic (exact) mass is 447 g/mol. The standard InChI is InChI=1S/C25H25N3O5/c29-24(27-22-6-2-1-5-21(22)25(30)31)18-7-12-23(26-17-18)33-20-10-8-19(9-11-20)32-16-15-28-13-3-4-14-28/h1-2,5-12,17H,3-4,13-16H2,(H,27,29)(H,30,31). The number of carboxylic acids is 1. The van der Waals surface area contributed by atoms with Gasteiger partial charge < -0.3 is 19.9 Å². The van der Waals surface area contributed by atoms with Crippen molar-refractivity contribution in [3.63, 3.8) is 0 Å². The molecule has 170 valence electrons. The average Bonchev–Trinajstić information content (AvgIpc) is 3.34. The van der Waals surface area contributed by atoms with Crippen molar-refractivity contribution in [2.45, 2.75) is 12.8 Å². The van der Waals surface area contributed by atoms with Crippen molar-refractivity contribution >= 4 is 17.6 Å². The Balaban J connectivity index is 1.30. The van der Waals surface area contributed by atoms with Crippen LogP contribution in [0.3, 0.4) is 0 Å². The van der Waals surface area contributed by atoms with E-state index >= 15 is 0 Å². The van der Waals surface area contributed by atoms with Crippen LogP contribution in [-0.2, 0) is 0 Å². The molecular formula is C25H25N3O5.